The number of hydrogen-bond donors (Lipinski definition) is 0. The topological polar surface area (TPSA) is 101 Å². The average molecular weight is 451 g/mol. The van der Waals surface area contributed by atoms with Crippen molar-refractivity contribution in [3.63, 3.8) is 0 Å². The highest BCUT2D eigenvalue weighted by atomic mass is 16.2. The molecule has 2 aliphatic heterocycles. The molecule has 0 radical (unpaired) electrons. The Balaban J connectivity index is 1.10. The van der Waals surface area contributed by atoms with Gasteiger partial charge in [0.2, 0.25) is 0 Å². The fourth-order valence-corrected chi connectivity index (χ4v) is 4.56. The molecule has 6 rings (SSSR count). The van der Waals surface area contributed by atoms with E-state index in [0.717, 1.165) is 33.9 Å². The van der Waals surface area contributed by atoms with Crippen LogP contribution in [0.3, 0.4) is 0 Å². The fourth-order valence-electron chi connectivity index (χ4n) is 4.56. The van der Waals surface area contributed by atoms with Gasteiger partial charge in [-0.15, -0.1) is 0 Å². The summed E-state index contributed by atoms with van der Waals surface area (Å²) in [5.41, 5.74) is 5.39. The first-order valence-corrected chi connectivity index (χ1v) is 11.2. The van der Waals surface area contributed by atoms with Crippen LogP contribution >= 0.6 is 0 Å². The molecule has 2 aliphatic rings. The van der Waals surface area contributed by atoms with Gasteiger partial charge in [0.15, 0.2) is 0 Å². The second-order valence-electron chi connectivity index (χ2n) is 8.55. The largest absolute Gasteiger partial charge is 0.323 e. The lowest BCUT2D eigenvalue weighted by Crippen LogP contribution is -2.59. The van der Waals surface area contributed by atoms with Crippen LogP contribution in [0.1, 0.15) is 23.2 Å². The van der Waals surface area contributed by atoms with E-state index in [0.29, 0.717) is 26.2 Å². The molecular formula is C25H22N8O. The molecule has 168 valence electrons. The van der Waals surface area contributed by atoms with E-state index in [9.17, 15) is 4.79 Å². The molecule has 2 amide bonds. The van der Waals surface area contributed by atoms with Gasteiger partial charge in [-0.05, 0) is 24.3 Å². The van der Waals surface area contributed by atoms with Gasteiger partial charge in [0, 0.05) is 98.7 Å². The number of likely N-dealkylation sites (tertiary alicyclic amines) is 2. The van der Waals surface area contributed by atoms with Crippen LogP contribution in [-0.2, 0) is 0 Å². The van der Waals surface area contributed by atoms with Gasteiger partial charge in [-0.25, -0.2) is 4.79 Å². The third kappa shape index (κ3) is 3.64. The van der Waals surface area contributed by atoms with Crippen molar-refractivity contribution in [2.75, 3.05) is 26.2 Å². The van der Waals surface area contributed by atoms with Crippen LogP contribution in [0.25, 0.3) is 22.5 Å². The second kappa shape index (κ2) is 8.58. The first-order chi connectivity index (χ1) is 16.8. The first kappa shape index (κ1) is 20.3. The number of rotatable bonds is 4. The maximum absolute atomic E-state index is 13.0. The van der Waals surface area contributed by atoms with Crippen molar-refractivity contribution in [1.82, 2.24) is 39.7 Å². The van der Waals surface area contributed by atoms with Gasteiger partial charge in [0.05, 0.1) is 22.8 Å². The Kier molecular flexibility index (Phi) is 5.14. The predicted molar refractivity (Wildman–Crippen MR) is 125 cm³/mol. The minimum atomic E-state index is 0.0612. The average Bonchev–Trinajstić information content (AvgIpc) is 2.84. The third-order valence-electron chi connectivity index (χ3n) is 6.40. The number of pyridine rings is 2. The molecule has 4 aromatic rings. The number of carbonyl (C=O) groups excluding carboxylic acids is 1. The zero-order valence-corrected chi connectivity index (χ0v) is 18.4. The third-order valence-corrected chi connectivity index (χ3v) is 6.40. The van der Waals surface area contributed by atoms with Crippen LogP contribution in [0.5, 0.6) is 0 Å². The molecule has 34 heavy (non-hydrogen) atoms. The second-order valence-corrected chi connectivity index (χ2v) is 8.55. The van der Waals surface area contributed by atoms with Gasteiger partial charge in [0.1, 0.15) is 0 Å². The SMILES string of the molecule is O=C(N1CC(c2nccnc2-c2cccnc2)C1)N1CC(c2nccnc2-c2cccnc2)C1. The molecule has 9 nitrogen and oxygen atoms in total. The molecule has 0 atom stereocenters. The zero-order chi connectivity index (χ0) is 22.9. The minimum absolute atomic E-state index is 0.0612. The van der Waals surface area contributed by atoms with Crippen LogP contribution in [-0.4, -0.2) is 71.9 Å². The van der Waals surface area contributed by atoms with Crippen molar-refractivity contribution in [2.24, 2.45) is 0 Å². The van der Waals surface area contributed by atoms with E-state index in [4.69, 9.17) is 0 Å². The molecule has 4 aromatic heterocycles. The van der Waals surface area contributed by atoms with Crippen molar-refractivity contribution >= 4 is 6.03 Å². The number of hydrogen-bond acceptors (Lipinski definition) is 7. The lowest BCUT2D eigenvalue weighted by Gasteiger charge is -2.46. The molecule has 9 heteroatoms. The summed E-state index contributed by atoms with van der Waals surface area (Å²) in [5, 5.41) is 0. The Hall–Kier alpha value is -4.27. The number of nitrogens with zero attached hydrogens (tertiary/aromatic N) is 8. The summed E-state index contributed by atoms with van der Waals surface area (Å²) in [6.07, 6.45) is 13.9. The fraction of sp³-hybridized carbons (Fsp3) is 0.240. The van der Waals surface area contributed by atoms with Crippen molar-refractivity contribution in [2.45, 2.75) is 11.8 Å². The highest BCUT2D eigenvalue weighted by Gasteiger charge is 2.41. The molecule has 0 unspecified atom stereocenters. The van der Waals surface area contributed by atoms with Crippen molar-refractivity contribution < 1.29 is 4.79 Å². The summed E-state index contributed by atoms with van der Waals surface area (Å²) in [4.78, 5) is 43.4. The summed E-state index contributed by atoms with van der Waals surface area (Å²) in [5.74, 6) is 0.337. The minimum Gasteiger partial charge on any atom is -0.323 e. The Morgan fingerprint density at radius 1 is 0.647 bits per heavy atom. The lowest BCUT2D eigenvalue weighted by atomic mass is 9.91. The van der Waals surface area contributed by atoms with Gasteiger partial charge in [-0.1, -0.05) is 0 Å². The van der Waals surface area contributed by atoms with E-state index in [1.165, 1.54) is 0 Å². The Morgan fingerprint density at radius 3 is 1.50 bits per heavy atom. The standard InChI is InChI=1S/C25H22N8O/c34-25(32-13-19(14-32)23-21(28-7-9-30-23)17-3-1-5-26-11-17)33-15-20(16-33)24-22(29-8-10-31-24)18-4-2-6-27-12-18/h1-12,19-20H,13-16H2. The Morgan fingerprint density at radius 2 is 1.09 bits per heavy atom. The van der Waals surface area contributed by atoms with Gasteiger partial charge in [-0.3, -0.25) is 29.9 Å². The van der Waals surface area contributed by atoms with Gasteiger partial charge >= 0.3 is 6.03 Å². The van der Waals surface area contributed by atoms with Crippen LogP contribution in [0.4, 0.5) is 4.79 Å². The summed E-state index contributed by atoms with van der Waals surface area (Å²) in [6.45, 7) is 2.55. The Labute approximate surface area is 196 Å². The molecule has 0 aliphatic carbocycles. The van der Waals surface area contributed by atoms with E-state index >= 15 is 0 Å². The van der Waals surface area contributed by atoms with Crippen LogP contribution in [0.2, 0.25) is 0 Å². The monoisotopic (exact) mass is 450 g/mol. The van der Waals surface area contributed by atoms with Gasteiger partial charge in [0.25, 0.3) is 0 Å². The molecule has 0 bridgehead atoms. The van der Waals surface area contributed by atoms with Crippen LogP contribution in [0.15, 0.2) is 73.8 Å². The van der Waals surface area contributed by atoms with E-state index in [1.54, 1.807) is 49.6 Å². The highest BCUT2D eigenvalue weighted by Crippen LogP contribution is 2.36. The van der Waals surface area contributed by atoms with Gasteiger partial charge in [-0.2, -0.15) is 0 Å². The molecule has 0 saturated carbocycles. The summed E-state index contributed by atoms with van der Waals surface area (Å²) in [6, 6.07) is 7.80. The quantitative estimate of drug-likeness (QED) is 0.471. The van der Waals surface area contributed by atoms with Crippen molar-refractivity contribution in [3.8, 4) is 22.5 Å². The van der Waals surface area contributed by atoms with E-state index in [1.807, 2.05) is 34.1 Å². The molecular weight excluding hydrogens is 428 g/mol. The molecule has 0 spiro atoms. The highest BCUT2D eigenvalue weighted by molar-refractivity contribution is 5.77. The summed E-state index contributed by atoms with van der Waals surface area (Å²) < 4.78 is 0. The van der Waals surface area contributed by atoms with E-state index < -0.39 is 0 Å². The smallest absolute Gasteiger partial charge is 0.320 e. The first-order valence-electron chi connectivity index (χ1n) is 11.2. The molecule has 6 heterocycles. The van der Waals surface area contributed by atoms with Crippen LogP contribution < -0.4 is 0 Å². The summed E-state index contributed by atoms with van der Waals surface area (Å²) >= 11 is 0. The zero-order valence-electron chi connectivity index (χ0n) is 18.4. The van der Waals surface area contributed by atoms with Gasteiger partial charge < -0.3 is 9.80 Å². The number of aromatic nitrogens is 6. The maximum atomic E-state index is 13.0. The van der Waals surface area contributed by atoms with Crippen molar-refractivity contribution in [1.29, 1.82) is 0 Å². The van der Waals surface area contributed by atoms with Crippen LogP contribution in [0, 0.1) is 0 Å². The maximum Gasteiger partial charge on any atom is 0.320 e. The number of amides is 2. The van der Waals surface area contributed by atoms with E-state index in [-0.39, 0.29) is 17.9 Å². The molecule has 2 saturated heterocycles. The summed E-state index contributed by atoms with van der Waals surface area (Å²) in [7, 11) is 0. The lowest BCUT2D eigenvalue weighted by molar-refractivity contribution is 0.0836. The molecule has 2 fully saturated rings. The normalized spacial score (nSPS) is 16.1. The number of urea groups is 1. The molecule has 0 N–H and O–H groups in total. The number of carbonyl (C=O) groups is 1. The predicted octanol–water partition coefficient (Wildman–Crippen LogP) is 3.01. The Bertz CT molecular complexity index is 1200. The molecule has 0 aromatic carbocycles. The van der Waals surface area contributed by atoms with Crippen molar-refractivity contribution in [3.05, 3.63) is 85.2 Å². The van der Waals surface area contributed by atoms with E-state index in [2.05, 4.69) is 29.9 Å².